The van der Waals surface area contributed by atoms with Gasteiger partial charge in [-0.1, -0.05) is 13.8 Å². The number of hydrogen-bond donors (Lipinski definition) is 1. The molecular formula is C15H30N2. The fourth-order valence-electron chi connectivity index (χ4n) is 3.42. The smallest absolute Gasteiger partial charge is 0.0221 e. The Bertz CT molecular complexity index is 231. The van der Waals surface area contributed by atoms with E-state index in [4.69, 9.17) is 0 Å². The molecule has 1 saturated carbocycles. The van der Waals surface area contributed by atoms with Crippen LogP contribution in [0.4, 0.5) is 0 Å². The molecular weight excluding hydrogens is 208 g/mol. The highest BCUT2D eigenvalue weighted by Crippen LogP contribution is 2.37. The van der Waals surface area contributed by atoms with Crippen LogP contribution in [0.3, 0.4) is 0 Å². The maximum absolute atomic E-state index is 3.63. The van der Waals surface area contributed by atoms with Crippen LogP contribution >= 0.6 is 0 Å². The van der Waals surface area contributed by atoms with Crippen molar-refractivity contribution in [1.29, 1.82) is 0 Å². The molecule has 2 aliphatic rings. The van der Waals surface area contributed by atoms with Crippen LogP contribution in [0.25, 0.3) is 0 Å². The van der Waals surface area contributed by atoms with Gasteiger partial charge in [0.2, 0.25) is 0 Å². The molecule has 1 heterocycles. The van der Waals surface area contributed by atoms with E-state index in [1.807, 2.05) is 0 Å². The second-order valence-corrected chi connectivity index (χ2v) is 7.10. The lowest BCUT2D eigenvalue weighted by molar-refractivity contribution is 0.0789. The average Bonchev–Trinajstić information content (AvgIpc) is 2.29. The summed E-state index contributed by atoms with van der Waals surface area (Å²) < 4.78 is 0. The van der Waals surface area contributed by atoms with Crippen molar-refractivity contribution >= 4 is 0 Å². The predicted molar refractivity (Wildman–Crippen MR) is 74.3 cm³/mol. The molecule has 0 spiro atoms. The molecule has 1 saturated heterocycles. The first-order chi connectivity index (χ1) is 7.98. The monoisotopic (exact) mass is 238 g/mol. The molecule has 2 fully saturated rings. The standard InChI is InChI=1S/C15H30N2/c1-12-5-6-14(11-16-12)17(4)13-7-9-15(2,3)10-8-13/h12-14,16H,5-11H2,1-4H3. The predicted octanol–water partition coefficient (Wildman–Crippen LogP) is 3.03. The third-order valence-electron chi connectivity index (χ3n) is 5.10. The van der Waals surface area contributed by atoms with E-state index in [0.717, 1.165) is 18.1 Å². The molecule has 2 nitrogen and oxygen atoms in total. The van der Waals surface area contributed by atoms with Crippen molar-refractivity contribution in [3.05, 3.63) is 0 Å². The van der Waals surface area contributed by atoms with Crippen molar-refractivity contribution in [2.75, 3.05) is 13.6 Å². The van der Waals surface area contributed by atoms with Gasteiger partial charge < -0.3 is 5.32 Å². The second kappa shape index (κ2) is 5.27. The Hall–Kier alpha value is -0.0800. The van der Waals surface area contributed by atoms with Crippen molar-refractivity contribution in [2.24, 2.45) is 5.41 Å². The van der Waals surface area contributed by atoms with Gasteiger partial charge in [0.05, 0.1) is 0 Å². The number of rotatable bonds is 2. The molecule has 17 heavy (non-hydrogen) atoms. The van der Waals surface area contributed by atoms with Gasteiger partial charge >= 0.3 is 0 Å². The number of nitrogens with zero attached hydrogens (tertiary/aromatic N) is 1. The summed E-state index contributed by atoms with van der Waals surface area (Å²) in [4.78, 5) is 2.67. The van der Waals surface area contributed by atoms with Crippen LogP contribution in [-0.4, -0.2) is 36.6 Å². The first-order valence-corrected chi connectivity index (χ1v) is 7.43. The Labute approximate surface area is 107 Å². The zero-order valence-corrected chi connectivity index (χ0v) is 12.1. The lowest BCUT2D eigenvalue weighted by atomic mass is 9.75. The molecule has 0 aromatic heterocycles. The number of piperidine rings is 1. The van der Waals surface area contributed by atoms with Crippen LogP contribution in [0.1, 0.15) is 59.3 Å². The Morgan fingerprint density at radius 3 is 2.18 bits per heavy atom. The van der Waals surface area contributed by atoms with Crippen molar-refractivity contribution in [1.82, 2.24) is 10.2 Å². The van der Waals surface area contributed by atoms with Gasteiger partial charge in [-0.15, -0.1) is 0 Å². The van der Waals surface area contributed by atoms with E-state index in [-0.39, 0.29) is 0 Å². The maximum Gasteiger partial charge on any atom is 0.0221 e. The Balaban J connectivity index is 1.82. The molecule has 0 radical (unpaired) electrons. The molecule has 1 N–H and O–H groups in total. The van der Waals surface area contributed by atoms with E-state index in [0.29, 0.717) is 5.41 Å². The molecule has 2 heteroatoms. The third kappa shape index (κ3) is 3.45. The first kappa shape index (κ1) is 13.4. The van der Waals surface area contributed by atoms with E-state index in [9.17, 15) is 0 Å². The van der Waals surface area contributed by atoms with Gasteiger partial charge in [-0.25, -0.2) is 0 Å². The molecule has 2 atom stereocenters. The molecule has 1 aliphatic heterocycles. The summed E-state index contributed by atoms with van der Waals surface area (Å²) in [6.07, 6.45) is 8.32. The van der Waals surface area contributed by atoms with Crippen LogP contribution in [0.2, 0.25) is 0 Å². The minimum absolute atomic E-state index is 0.594. The minimum atomic E-state index is 0.594. The molecule has 0 aromatic rings. The fourth-order valence-corrected chi connectivity index (χ4v) is 3.42. The SMILES string of the molecule is CC1CCC(N(C)C2CCC(C)(C)CC2)CN1. The summed E-state index contributed by atoms with van der Waals surface area (Å²) in [5.41, 5.74) is 0.594. The van der Waals surface area contributed by atoms with E-state index >= 15 is 0 Å². The van der Waals surface area contributed by atoms with Gasteiger partial charge in [0.25, 0.3) is 0 Å². The van der Waals surface area contributed by atoms with Crippen LogP contribution in [0.15, 0.2) is 0 Å². The van der Waals surface area contributed by atoms with Crippen LogP contribution in [-0.2, 0) is 0 Å². The summed E-state index contributed by atoms with van der Waals surface area (Å²) in [6.45, 7) is 8.34. The highest BCUT2D eigenvalue weighted by atomic mass is 15.2. The quantitative estimate of drug-likeness (QED) is 0.795. The Kier molecular flexibility index (Phi) is 4.14. The third-order valence-corrected chi connectivity index (χ3v) is 5.10. The summed E-state index contributed by atoms with van der Waals surface area (Å²) >= 11 is 0. The van der Waals surface area contributed by atoms with Gasteiger partial charge in [-0.3, -0.25) is 4.90 Å². The van der Waals surface area contributed by atoms with Crippen molar-refractivity contribution in [2.45, 2.75) is 77.4 Å². The van der Waals surface area contributed by atoms with E-state index in [1.54, 1.807) is 0 Å². The Morgan fingerprint density at radius 1 is 1.00 bits per heavy atom. The number of hydrogen-bond acceptors (Lipinski definition) is 2. The second-order valence-electron chi connectivity index (χ2n) is 7.10. The molecule has 0 amide bonds. The number of nitrogens with one attached hydrogen (secondary N) is 1. The minimum Gasteiger partial charge on any atom is -0.313 e. The van der Waals surface area contributed by atoms with Gasteiger partial charge in [0, 0.05) is 24.7 Å². The average molecular weight is 238 g/mol. The fraction of sp³-hybridized carbons (Fsp3) is 1.00. The molecule has 1 aliphatic carbocycles. The van der Waals surface area contributed by atoms with Crippen molar-refractivity contribution < 1.29 is 0 Å². The lowest BCUT2D eigenvalue weighted by Gasteiger charge is -2.43. The molecule has 100 valence electrons. The highest BCUT2D eigenvalue weighted by molar-refractivity contribution is 4.88. The Morgan fingerprint density at radius 2 is 1.65 bits per heavy atom. The summed E-state index contributed by atoms with van der Waals surface area (Å²) in [7, 11) is 2.35. The van der Waals surface area contributed by atoms with Crippen LogP contribution < -0.4 is 5.32 Å². The molecule has 2 rings (SSSR count). The van der Waals surface area contributed by atoms with Gasteiger partial charge in [-0.05, 0) is 57.9 Å². The normalized spacial score (nSPS) is 35.1. The zero-order chi connectivity index (χ0) is 12.5. The largest absolute Gasteiger partial charge is 0.313 e. The summed E-state index contributed by atoms with van der Waals surface area (Å²) in [5, 5.41) is 3.63. The van der Waals surface area contributed by atoms with Crippen LogP contribution in [0.5, 0.6) is 0 Å². The summed E-state index contributed by atoms with van der Waals surface area (Å²) in [5.74, 6) is 0. The van der Waals surface area contributed by atoms with E-state index in [2.05, 4.69) is 38.0 Å². The summed E-state index contributed by atoms with van der Waals surface area (Å²) in [6, 6.07) is 2.34. The zero-order valence-electron chi connectivity index (χ0n) is 12.1. The van der Waals surface area contributed by atoms with Gasteiger partial charge in [-0.2, -0.15) is 0 Å². The van der Waals surface area contributed by atoms with E-state index < -0.39 is 0 Å². The highest BCUT2D eigenvalue weighted by Gasteiger charge is 2.32. The molecule has 0 bridgehead atoms. The van der Waals surface area contributed by atoms with Crippen molar-refractivity contribution in [3.8, 4) is 0 Å². The number of likely N-dealkylation sites (N-methyl/N-ethyl adjacent to an activating group) is 1. The van der Waals surface area contributed by atoms with Gasteiger partial charge in [0.15, 0.2) is 0 Å². The maximum atomic E-state index is 3.63. The molecule has 0 aromatic carbocycles. The van der Waals surface area contributed by atoms with Gasteiger partial charge in [0.1, 0.15) is 0 Å². The molecule has 2 unspecified atom stereocenters. The topological polar surface area (TPSA) is 15.3 Å². The van der Waals surface area contributed by atoms with Crippen LogP contribution in [0, 0.1) is 5.41 Å². The van der Waals surface area contributed by atoms with E-state index in [1.165, 1.54) is 45.1 Å². The lowest BCUT2D eigenvalue weighted by Crippen LogP contribution is -2.51. The first-order valence-electron chi connectivity index (χ1n) is 7.43. The van der Waals surface area contributed by atoms with Crippen molar-refractivity contribution in [3.63, 3.8) is 0 Å².